The number of phenolic OH excluding ortho intramolecular Hbond substituents is 1. The van der Waals surface area contributed by atoms with Gasteiger partial charge in [-0.1, -0.05) is 0 Å². The van der Waals surface area contributed by atoms with Crippen LogP contribution in [-0.2, 0) is 0 Å². The molecule has 0 aliphatic rings. The Bertz CT molecular complexity index is 894. The highest BCUT2D eigenvalue weighted by Crippen LogP contribution is 2.23. The van der Waals surface area contributed by atoms with E-state index in [1.54, 1.807) is 24.3 Å². The predicted octanol–water partition coefficient (Wildman–Crippen LogP) is 3.01. The summed E-state index contributed by atoms with van der Waals surface area (Å²) in [5, 5.41) is 20.8. The van der Waals surface area contributed by atoms with Gasteiger partial charge in [0, 0.05) is 18.2 Å². The second-order valence-corrected chi connectivity index (χ2v) is 4.58. The third-order valence-corrected chi connectivity index (χ3v) is 3.22. The second-order valence-electron chi connectivity index (χ2n) is 4.58. The highest BCUT2D eigenvalue weighted by atomic mass is 16.5. The van der Waals surface area contributed by atoms with Gasteiger partial charge in [0.25, 0.3) is 0 Å². The van der Waals surface area contributed by atoms with E-state index in [9.17, 15) is 15.1 Å². The molecule has 0 radical (unpaired) electrons. The predicted molar refractivity (Wildman–Crippen MR) is 80.0 cm³/mol. The molecule has 0 saturated carbocycles. The van der Waals surface area contributed by atoms with Crippen LogP contribution in [-0.4, -0.2) is 16.6 Å². The first kappa shape index (κ1) is 12.9. The van der Waals surface area contributed by atoms with E-state index in [1.807, 2.05) is 0 Å². The number of fused-ring (bicyclic) bond motifs is 1. The highest BCUT2D eigenvalue weighted by molar-refractivity contribution is 5.82. The summed E-state index contributed by atoms with van der Waals surface area (Å²) in [6, 6.07) is 10.8. The molecular formula is C16H11NO4. The molecular weight excluding hydrogens is 270 g/mol. The lowest BCUT2D eigenvalue weighted by Gasteiger charge is -2.04. The molecule has 1 N–H and O–H groups in total. The van der Waals surface area contributed by atoms with Crippen LogP contribution in [0.1, 0.15) is 0 Å². The van der Waals surface area contributed by atoms with Crippen molar-refractivity contribution in [1.29, 1.82) is 0 Å². The van der Waals surface area contributed by atoms with Crippen LogP contribution >= 0.6 is 0 Å². The minimum Gasteiger partial charge on any atom is -0.619 e. The zero-order valence-electron chi connectivity index (χ0n) is 10.9. The molecule has 2 aromatic carbocycles. The maximum absolute atomic E-state index is 12.4. The minimum absolute atomic E-state index is 0.0359. The summed E-state index contributed by atoms with van der Waals surface area (Å²) in [5.74, 6) is 0.0359. The summed E-state index contributed by atoms with van der Waals surface area (Å²) in [6.07, 6.45) is 1.35. The first-order chi connectivity index (χ1) is 10.1. The van der Waals surface area contributed by atoms with Crippen LogP contribution in [0, 0.1) is 5.21 Å². The molecule has 5 nitrogen and oxygen atoms in total. The molecule has 0 spiro atoms. The van der Waals surface area contributed by atoms with Gasteiger partial charge >= 0.3 is 0 Å². The highest BCUT2D eigenvalue weighted by Gasteiger charge is 2.10. The Morgan fingerprint density at radius 1 is 1.14 bits per heavy atom. The lowest BCUT2D eigenvalue weighted by Crippen LogP contribution is -2.04. The fourth-order valence-electron chi connectivity index (χ4n) is 2.12. The fraction of sp³-hybridized carbons (Fsp3) is 0. The van der Waals surface area contributed by atoms with Crippen LogP contribution in [0.3, 0.4) is 0 Å². The van der Waals surface area contributed by atoms with Crippen LogP contribution in [0.15, 0.2) is 57.9 Å². The van der Waals surface area contributed by atoms with Gasteiger partial charge in [0.2, 0.25) is 5.69 Å². The summed E-state index contributed by atoms with van der Waals surface area (Å²) in [4.78, 5) is 12.4. The lowest BCUT2D eigenvalue weighted by atomic mass is 10.1. The summed E-state index contributed by atoms with van der Waals surface area (Å²) in [6.45, 7) is 3.25. The Balaban J connectivity index is 2.16. The molecule has 0 aliphatic carbocycles. The molecule has 0 saturated heterocycles. The SMILES string of the molecule is C=[N+]([O-])c1ccc(-c2coc3cc(O)ccc3c2=O)cc1. The molecule has 0 fully saturated rings. The number of aromatic hydroxyl groups is 1. The Hall–Kier alpha value is -3.08. The van der Waals surface area contributed by atoms with Crippen molar-refractivity contribution in [2.75, 3.05) is 0 Å². The molecule has 21 heavy (non-hydrogen) atoms. The molecule has 1 aromatic heterocycles. The van der Waals surface area contributed by atoms with E-state index in [1.165, 1.54) is 24.5 Å². The first-order valence-electron chi connectivity index (χ1n) is 6.19. The van der Waals surface area contributed by atoms with Gasteiger partial charge in [0.15, 0.2) is 5.43 Å². The van der Waals surface area contributed by atoms with Gasteiger partial charge in [-0.15, -0.1) is 0 Å². The van der Waals surface area contributed by atoms with E-state index < -0.39 is 0 Å². The lowest BCUT2D eigenvalue weighted by molar-refractivity contribution is -0.349. The molecule has 5 heteroatoms. The van der Waals surface area contributed by atoms with Crippen molar-refractivity contribution >= 4 is 23.4 Å². The van der Waals surface area contributed by atoms with E-state index in [-0.39, 0.29) is 11.2 Å². The third-order valence-electron chi connectivity index (χ3n) is 3.22. The minimum atomic E-state index is -0.197. The molecule has 3 aromatic rings. The van der Waals surface area contributed by atoms with E-state index >= 15 is 0 Å². The first-order valence-corrected chi connectivity index (χ1v) is 6.19. The Morgan fingerprint density at radius 3 is 2.52 bits per heavy atom. The summed E-state index contributed by atoms with van der Waals surface area (Å²) in [5.41, 5.74) is 1.56. The normalized spacial score (nSPS) is 10.7. The fourth-order valence-corrected chi connectivity index (χ4v) is 2.12. The van der Waals surface area contributed by atoms with E-state index in [4.69, 9.17) is 4.42 Å². The van der Waals surface area contributed by atoms with Crippen molar-refractivity contribution in [3.8, 4) is 16.9 Å². The van der Waals surface area contributed by atoms with Crippen molar-refractivity contribution in [3.63, 3.8) is 0 Å². The molecule has 3 rings (SSSR count). The van der Waals surface area contributed by atoms with E-state index in [0.29, 0.717) is 32.5 Å². The van der Waals surface area contributed by atoms with Crippen molar-refractivity contribution in [3.05, 3.63) is 64.2 Å². The number of nitrogens with zero attached hydrogens (tertiary/aromatic N) is 1. The summed E-state index contributed by atoms with van der Waals surface area (Å²) in [7, 11) is 0. The van der Waals surface area contributed by atoms with Gasteiger partial charge in [0.05, 0.1) is 10.9 Å². The maximum Gasteiger partial charge on any atom is 0.215 e. The van der Waals surface area contributed by atoms with Crippen LogP contribution < -0.4 is 5.43 Å². The summed E-state index contributed by atoms with van der Waals surface area (Å²) < 4.78 is 5.89. The van der Waals surface area contributed by atoms with E-state index in [0.717, 1.165) is 0 Å². The van der Waals surface area contributed by atoms with E-state index in [2.05, 4.69) is 6.72 Å². The molecule has 1 heterocycles. The number of phenols is 1. The maximum atomic E-state index is 12.4. The Morgan fingerprint density at radius 2 is 1.86 bits per heavy atom. The number of benzene rings is 2. The van der Waals surface area contributed by atoms with Crippen LogP contribution in [0.5, 0.6) is 5.75 Å². The van der Waals surface area contributed by atoms with Gasteiger partial charge in [-0.25, -0.2) is 0 Å². The number of hydrogen-bond donors (Lipinski definition) is 1. The zero-order valence-corrected chi connectivity index (χ0v) is 10.9. The monoisotopic (exact) mass is 281 g/mol. The molecule has 0 bridgehead atoms. The standard InChI is InChI=1S/C16H11NO4/c1-17(20)11-4-2-10(3-5-11)14-9-21-15-8-12(18)6-7-13(15)16(14)19/h2-9,18H,1H2. The molecule has 0 unspecified atom stereocenters. The van der Waals surface area contributed by atoms with Gasteiger partial charge in [-0.3, -0.25) is 4.79 Å². The van der Waals surface area contributed by atoms with Crippen molar-refractivity contribution in [2.45, 2.75) is 0 Å². The van der Waals surface area contributed by atoms with Crippen molar-refractivity contribution in [2.24, 2.45) is 0 Å². The molecule has 0 aliphatic heterocycles. The van der Waals surface area contributed by atoms with Crippen LogP contribution in [0.2, 0.25) is 0 Å². The van der Waals surface area contributed by atoms with Crippen LogP contribution in [0.25, 0.3) is 22.1 Å². The average molecular weight is 281 g/mol. The van der Waals surface area contributed by atoms with Gasteiger partial charge in [-0.05, 0) is 29.8 Å². The smallest absolute Gasteiger partial charge is 0.215 e. The molecule has 0 amide bonds. The number of rotatable bonds is 2. The van der Waals surface area contributed by atoms with Crippen molar-refractivity contribution in [1.82, 2.24) is 0 Å². The van der Waals surface area contributed by atoms with Crippen molar-refractivity contribution < 1.29 is 14.3 Å². The Kier molecular flexibility index (Phi) is 2.95. The van der Waals surface area contributed by atoms with Crippen LogP contribution in [0.4, 0.5) is 5.69 Å². The zero-order chi connectivity index (χ0) is 15.0. The Labute approximate surface area is 119 Å². The summed E-state index contributed by atoms with van der Waals surface area (Å²) >= 11 is 0. The number of hydrogen-bond acceptors (Lipinski definition) is 4. The third kappa shape index (κ3) is 2.25. The van der Waals surface area contributed by atoms with Gasteiger partial charge in [0.1, 0.15) is 24.3 Å². The van der Waals surface area contributed by atoms with Gasteiger partial charge < -0.3 is 14.7 Å². The molecule has 104 valence electrons. The topological polar surface area (TPSA) is 76.5 Å². The quantitative estimate of drug-likeness (QED) is 0.339. The molecule has 0 atom stereocenters. The second kappa shape index (κ2) is 4.79. The largest absolute Gasteiger partial charge is 0.619 e. The van der Waals surface area contributed by atoms with Gasteiger partial charge in [-0.2, -0.15) is 4.74 Å². The average Bonchev–Trinajstić information content (AvgIpc) is 2.47.